The third kappa shape index (κ3) is 2.73. The van der Waals surface area contributed by atoms with Gasteiger partial charge in [0, 0.05) is 18.8 Å². The van der Waals surface area contributed by atoms with Crippen molar-refractivity contribution in [1.82, 2.24) is 15.0 Å². The monoisotopic (exact) mass is 325 g/mol. The molecule has 2 aromatic rings. The zero-order valence-electron chi connectivity index (χ0n) is 13.4. The molecule has 1 aromatic carbocycles. The Labute approximate surface area is 140 Å². The molecule has 0 atom stereocenters. The molecule has 1 aliphatic heterocycles. The first-order chi connectivity index (χ1) is 11.7. The van der Waals surface area contributed by atoms with Crippen LogP contribution in [0.4, 0.5) is 16.0 Å². The Bertz CT molecular complexity index is 752. The molecule has 24 heavy (non-hydrogen) atoms. The highest BCUT2D eigenvalue weighted by Crippen LogP contribution is 2.36. The summed E-state index contributed by atoms with van der Waals surface area (Å²) in [5.41, 5.74) is 8.45. The lowest BCUT2D eigenvalue weighted by Gasteiger charge is -2.36. The molecule has 1 aliphatic carbocycles. The Morgan fingerprint density at radius 3 is 2.54 bits per heavy atom. The van der Waals surface area contributed by atoms with Crippen molar-refractivity contribution in [2.75, 3.05) is 17.3 Å². The molecule has 0 radical (unpaired) electrons. The summed E-state index contributed by atoms with van der Waals surface area (Å²) >= 11 is 0. The summed E-state index contributed by atoms with van der Waals surface area (Å²) in [5, 5.41) is 4.51. The van der Waals surface area contributed by atoms with Gasteiger partial charge in [-0.15, -0.1) is 0 Å². The van der Waals surface area contributed by atoms with Gasteiger partial charge in [-0.2, -0.15) is 0 Å². The van der Waals surface area contributed by atoms with E-state index >= 15 is 0 Å². The minimum absolute atomic E-state index is 0.234. The number of nitrogens with two attached hydrogens (primary N) is 1. The quantitative estimate of drug-likeness (QED) is 0.939. The van der Waals surface area contributed by atoms with Crippen LogP contribution in [0.1, 0.15) is 31.4 Å². The Morgan fingerprint density at radius 1 is 1.08 bits per heavy atom. The van der Waals surface area contributed by atoms with Gasteiger partial charge in [-0.05, 0) is 49.2 Å². The maximum atomic E-state index is 13.4. The first-order valence-corrected chi connectivity index (χ1v) is 8.34. The first-order valence-electron chi connectivity index (χ1n) is 8.34. The molecule has 0 unspecified atom stereocenters. The molecule has 5 nitrogen and oxygen atoms in total. The maximum Gasteiger partial charge on any atom is 0.220 e. The smallest absolute Gasteiger partial charge is 0.220 e. The molecule has 2 heterocycles. The van der Waals surface area contributed by atoms with Crippen LogP contribution in [-0.2, 0) is 0 Å². The van der Waals surface area contributed by atoms with Crippen molar-refractivity contribution in [3.05, 3.63) is 54.1 Å². The van der Waals surface area contributed by atoms with Gasteiger partial charge in [0.05, 0.1) is 17.1 Å². The van der Waals surface area contributed by atoms with Crippen LogP contribution in [0.25, 0.3) is 5.70 Å². The van der Waals surface area contributed by atoms with Crippen LogP contribution in [-0.4, -0.2) is 27.6 Å². The van der Waals surface area contributed by atoms with E-state index in [9.17, 15) is 4.39 Å². The maximum absolute atomic E-state index is 13.4. The SMILES string of the molecule is Nc1nccc(C2=CCN(C3CCCC3)N2c2ccc(F)cc2)n1. The van der Waals surface area contributed by atoms with Gasteiger partial charge in [0.2, 0.25) is 5.95 Å². The van der Waals surface area contributed by atoms with Gasteiger partial charge in [-0.25, -0.2) is 19.4 Å². The van der Waals surface area contributed by atoms with E-state index in [4.69, 9.17) is 5.73 Å². The van der Waals surface area contributed by atoms with E-state index in [1.807, 2.05) is 6.07 Å². The molecule has 0 bridgehead atoms. The zero-order valence-corrected chi connectivity index (χ0v) is 13.4. The van der Waals surface area contributed by atoms with Crippen molar-refractivity contribution in [3.8, 4) is 0 Å². The zero-order chi connectivity index (χ0) is 16.5. The molecular weight excluding hydrogens is 305 g/mol. The lowest BCUT2D eigenvalue weighted by Crippen LogP contribution is -2.43. The summed E-state index contributed by atoms with van der Waals surface area (Å²) in [6.07, 6.45) is 8.71. The second-order valence-corrected chi connectivity index (χ2v) is 6.24. The van der Waals surface area contributed by atoms with Crippen molar-refractivity contribution in [3.63, 3.8) is 0 Å². The number of hydrazine groups is 1. The molecule has 0 saturated heterocycles. The van der Waals surface area contributed by atoms with E-state index in [-0.39, 0.29) is 11.8 Å². The van der Waals surface area contributed by atoms with Crippen molar-refractivity contribution in [1.29, 1.82) is 0 Å². The number of aromatic nitrogens is 2. The Morgan fingerprint density at radius 2 is 1.83 bits per heavy atom. The highest BCUT2D eigenvalue weighted by molar-refractivity contribution is 5.79. The lowest BCUT2D eigenvalue weighted by molar-refractivity contribution is 0.236. The highest BCUT2D eigenvalue weighted by Gasteiger charge is 2.33. The molecule has 124 valence electrons. The second kappa shape index (κ2) is 6.20. The molecule has 4 rings (SSSR count). The largest absolute Gasteiger partial charge is 0.368 e. The summed E-state index contributed by atoms with van der Waals surface area (Å²) in [6, 6.07) is 8.96. The minimum atomic E-state index is -0.234. The third-order valence-electron chi connectivity index (χ3n) is 4.71. The highest BCUT2D eigenvalue weighted by atomic mass is 19.1. The van der Waals surface area contributed by atoms with Gasteiger partial charge < -0.3 is 5.73 Å². The Kier molecular flexibility index (Phi) is 3.90. The Balaban J connectivity index is 1.73. The molecule has 0 spiro atoms. The lowest BCUT2D eigenvalue weighted by atomic mass is 10.2. The van der Waals surface area contributed by atoms with Crippen LogP contribution in [0, 0.1) is 5.82 Å². The molecule has 1 fully saturated rings. The number of hydrogen-bond acceptors (Lipinski definition) is 5. The van der Waals surface area contributed by atoms with Crippen molar-refractivity contribution in [2.45, 2.75) is 31.7 Å². The van der Waals surface area contributed by atoms with E-state index in [2.05, 4.69) is 26.1 Å². The number of halogens is 1. The number of nitrogen functional groups attached to an aromatic ring is 1. The van der Waals surface area contributed by atoms with Crippen LogP contribution >= 0.6 is 0 Å². The summed E-state index contributed by atoms with van der Waals surface area (Å²) in [4.78, 5) is 8.34. The van der Waals surface area contributed by atoms with Crippen LogP contribution < -0.4 is 10.7 Å². The molecule has 2 N–H and O–H groups in total. The number of anilines is 2. The molecule has 0 amide bonds. The van der Waals surface area contributed by atoms with Gasteiger partial charge in [-0.1, -0.05) is 12.8 Å². The van der Waals surface area contributed by atoms with Gasteiger partial charge in [0.15, 0.2) is 0 Å². The van der Waals surface area contributed by atoms with Crippen LogP contribution in [0.5, 0.6) is 0 Å². The summed E-state index contributed by atoms with van der Waals surface area (Å²) in [6.45, 7) is 0.821. The molecule has 2 aliphatic rings. The fourth-order valence-electron chi connectivity index (χ4n) is 3.60. The summed E-state index contributed by atoms with van der Waals surface area (Å²) in [7, 11) is 0. The van der Waals surface area contributed by atoms with Gasteiger partial charge in [-0.3, -0.25) is 5.01 Å². The predicted molar refractivity (Wildman–Crippen MR) is 92.3 cm³/mol. The Hall–Kier alpha value is -2.47. The summed E-state index contributed by atoms with van der Waals surface area (Å²) in [5.74, 6) is 0.0222. The topological polar surface area (TPSA) is 58.3 Å². The average Bonchev–Trinajstić information content (AvgIpc) is 3.25. The van der Waals surface area contributed by atoms with Crippen LogP contribution in [0.3, 0.4) is 0 Å². The molecular formula is C18H20FN5. The van der Waals surface area contributed by atoms with Crippen LogP contribution in [0.15, 0.2) is 42.6 Å². The molecule has 1 aromatic heterocycles. The fraction of sp³-hybridized carbons (Fsp3) is 0.333. The fourth-order valence-corrected chi connectivity index (χ4v) is 3.60. The molecule has 1 saturated carbocycles. The number of hydrogen-bond donors (Lipinski definition) is 1. The van der Waals surface area contributed by atoms with Gasteiger partial charge in [0.1, 0.15) is 5.82 Å². The van der Waals surface area contributed by atoms with E-state index in [0.717, 1.165) is 23.6 Å². The van der Waals surface area contributed by atoms with E-state index in [0.29, 0.717) is 6.04 Å². The second-order valence-electron chi connectivity index (χ2n) is 6.24. The number of nitrogens with zero attached hydrogens (tertiary/aromatic N) is 4. The predicted octanol–water partition coefficient (Wildman–Crippen LogP) is 3.22. The molecule has 6 heteroatoms. The average molecular weight is 325 g/mol. The minimum Gasteiger partial charge on any atom is -0.368 e. The number of benzene rings is 1. The van der Waals surface area contributed by atoms with Gasteiger partial charge >= 0.3 is 0 Å². The van der Waals surface area contributed by atoms with E-state index in [1.165, 1.54) is 37.8 Å². The van der Waals surface area contributed by atoms with Crippen molar-refractivity contribution >= 4 is 17.3 Å². The van der Waals surface area contributed by atoms with Gasteiger partial charge in [0.25, 0.3) is 0 Å². The van der Waals surface area contributed by atoms with E-state index < -0.39 is 0 Å². The third-order valence-corrected chi connectivity index (χ3v) is 4.71. The normalized spacial score (nSPS) is 19.0. The summed E-state index contributed by atoms with van der Waals surface area (Å²) < 4.78 is 13.4. The van der Waals surface area contributed by atoms with Crippen molar-refractivity contribution in [2.24, 2.45) is 0 Å². The van der Waals surface area contributed by atoms with E-state index in [1.54, 1.807) is 18.3 Å². The van der Waals surface area contributed by atoms with Crippen LogP contribution in [0.2, 0.25) is 0 Å². The first kappa shape index (κ1) is 15.1. The van der Waals surface area contributed by atoms with Crippen molar-refractivity contribution < 1.29 is 4.39 Å². The standard InChI is InChI=1S/C18H20FN5/c19-13-5-7-15(8-6-13)24-17(16-9-11-21-18(20)22-16)10-12-23(24)14-3-1-2-4-14/h5-11,14H,1-4,12H2,(H2,20,21,22). The number of rotatable bonds is 3.